The van der Waals surface area contributed by atoms with Crippen LogP contribution < -0.4 is 5.73 Å². The van der Waals surface area contributed by atoms with Crippen molar-refractivity contribution in [2.24, 2.45) is 0 Å². The standard InChI is InChI=1S/C17H24N6O2/c1-4-23-13(9-12(21-23)11(2)3)17(24)22-7-8-25-14(10-22)15-16(18)20-6-5-19-15/h5-6,9,11,14H,4,7-8,10H2,1-3H3,(H2,18,20)/t14-/m0/s1. The Morgan fingerprint density at radius 1 is 1.40 bits per heavy atom. The summed E-state index contributed by atoms with van der Waals surface area (Å²) >= 11 is 0. The van der Waals surface area contributed by atoms with Crippen molar-refractivity contribution in [3.63, 3.8) is 0 Å². The van der Waals surface area contributed by atoms with E-state index < -0.39 is 0 Å². The van der Waals surface area contributed by atoms with Crippen molar-refractivity contribution in [3.8, 4) is 0 Å². The molecular weight excluding hydrogens is 320 g/mol. The van der Waals surface area contributed by atoms with Crippen molar-refractivity contribution in [1.29, 1.82) is 0 Å². The van der Waals surface area contributed by atoms with Gasteiger partial charge < -0.3 is 15.4 Å². The fourth-order valence-electron chi connectivity index (χ4n) is 2.90. The summed E-state index contributed by atoms with van der Waals surface area (Å²) in [5.41, 5.74) is 8.01. The highest BCUT2D eigenvalue weighted by Crippen LogP contribution is 2.25. The minimum Gasteiger partial charge on any atom is -0.382 e. The van der Waals surface area contributed by atoms with Gasteiger partial charge in [0.15, 0.2) is 0 Å². The molecule has 0 unspecified atom stereocenters. The lowest BCUT2D eigenvalue weighted by molar-refractivity contribution is -0.0248. The number of hydrogen-bond donors (Lipinski definition) is 1. The molecule has 2 aromatic heterocycles. The van der Waals surface area contributed by atoms with Crippen LogP contribution in [0.25, 0.3) is 0 Å². The number of nitrogens with zero attached hydrogens (tertiary/aromatic N) is 5. The smallest absolute Gasteiger partial charge is 0.272 e. The Bertz CT molecular complexity index is 757. The van der Waals surface area contributed by atoms with E-state index in [9.17, 15) is 4.79 Å². The number of nitrogen functional groups attached to an aromatic ring is 1. The quantitative estimate of drug-likeness (QED) is 0.905. The number of aromatic nitrogens is 4. The summed E-state index contributed by atoms with van der Waals surface area (Å²) in [6, 6.07) is 1.89. The number of hydrogen-bond acceptors (Lipinski definition) is 6. The molecule has 1 amide bonds. The molecule has 0 bridgehead atoms. The predicted octanol–water partition coefficient (Wildman–Crippen LogP) is 1.61. The van der Waals surface area contributed by atoms with Gasteiger partial charge in [-0.25, -0.2) is 4.98 Å². The first-order chi connectivity index (χ1) is 12.0. The summed E-state index contributed by atoms with van der Waals surface area (Å²) in [6.45, 7) is 8.13. The molecule has 0 spiro atoms. The minimum absolute atomic E-state index is 0.0444. The second-order valence-corrected chi connectivity index (χ2v) is 6.36. The molecule has 8 nitrogen and oxygen atoms in total. The SMILES string of the molecule is CCn1nc(C(C)C)cc1C(=O)N1CCO[C@H](c2nccnc2N)C1. The van der Waals surface area contributed by atoms with E-state index in [-0.39, 0.29) is 17.9 Å². The molecule has 25 heavy (non-hydrogen) atoms. The van der Waals surface area contributed by atoms with Crippen molar-refractivity contribution in [1.82, 2.24) is 24.6 Å². The fraction of sp³-hybridized carbons (Fsp3) is 0.529. The first kappa shape index (κ1) is 17.3. The molecule has 3 rings (SSSR count). The third-order valence-electron chi connectivity index (χ3n) is 4.32. The van der Waals surface area contributed by atoms with E-state index in [1.807, 2.05) is 13.0 Å². The van der Waals surface area contributed by atoms with Crippen molar-refractivity contribution in [3.05, 3.63) is 35.5 Å². The molecule has 1 fully saturated rings. The summed E-state index contributed by atoms with van der Waals surface area (Å²) in [7, 11) is 0. The molecule has 2 N–H and O–H groups in total. The number of carbonyl (C=O) groups is 1. The van der Waals surface area contributed by atoms with Crippen LogP contribution in [-0.4, -0.2) is 50.3 Å². The van der Waals surface area contributed by atoms with E-state index in [1.165, 1.54) is 6.20 Å². The largest absolute Gasteiger partial charge is 0.382 e. The molecule has 0 saturated carbocycles. The molecule has 1 aliphatic rings. The summed E-state index contributed by atoms with van der Waals surface area (Å²) in [4.78, 5) is 23.1. The zero-order valence-corrected chi connectivity index (χ0v) is 14.8. The number of anilines is 1. The van der Waals surface area contributed by atoms with E-state index in [0.29, 0.717) is 43.4 Å². The number of morpholine rings is 1. The van der Waals surface area contributed by atoms with Crippen molar-refractivity contribution >= 4 is 11.7 Å². The zero-order valence-electron chi connectivity index (χ0n) is 14.8. The number of nitrogens with two attached hydrogens (primary N) is 1. The Morgan fingerprint density at radius 2 is 2.16 bits per heavy atom. The molecule has 0 aromatic carbocycles. The second kappa shape index (κ2) is 7.18. The molecule has 0 radical (unpaired) electrons. The average Bonchev–Trinajstić information content (AvgIpc) is 3.06. The number of amides is 1. The third-order valence-corrected chi connectivity index (χ3v) is 4.32. The minimum atomic E-state index is -0.367. The Labute approximate surface area is 147 Å². The topological polar surface area (TPSA) is 99.2 Å². The van der Waals surface area contributed by atoms with Gasteiger partial charge in [0.25, 0.3) is 5.91 Å². The van der Waals surface area contributed by atoms with Crippen LogP contribution in [0.4, 0.5) is 5.82 Å². The summed E-state index contributed by atoms with van der Waals surface area (Å²) in [5.74, 6) is 0.565. The van der Waals surface area contributed by atoms with Gasteiger partial charge in [-0.2, -0.15) is 5.10 Å². The summed E-state index contributed by atoms with van der Waals surface area (Å²) in [6.07, 6.45) is 2.75. The summed E-state index contributed by atoms with van der Waals surface area (Å²) in [5, 5.41) is 4.53. The van der Waals surface area contributed by atoms with Crippen LogP contribution in [0.3, 0.4) is 0 Å². The number of carbonyl (C=O) groups excluding carboxylic acids is 1. The number of ether oxygens (including phenoxy) is 1. The molecule has 1 atom stereocenters. The van der Waals surface area contributed by atoms with Crippen LogP contribution in [0.2, 0.25) is 0 Å². The van der Waals surface area contributed by atoms with Crippen LogP contribution >= 0.6 is 0 Å². The maximum absolute atomic E-state index is 13.0. The average molecular weight is 344 g/mol. The van der Waals surface area contributed by atoms with Gasteiger partial charge in [0.05, 0.1) is 18.8 Å². The second-order valence-electron chi connectivity index (χ2n) is 6.36. The van der Waals surface area contributed by atoms with Gasteiger partial charge >= 0.3 is 0 Å². The fourth-order valence-corrected chi connectivity index (χ4v) is 2.90. The van der Waals surface area contributed by atoms with E-state index >= 15 is 0 Å². The molecule has 8 heteroatoms. The van der Waals surface area contributed by atoms with Crippen LogP contribution in [0.5, 0.6) is 0 Å². The normalized spacial score (nSPS) is 17.9. The molecule has 2 aromatic rings. The van der Waals surface area contributed by atoms with Gasteiger partial charge in [0, 0.05) is 25.5 Å². The van der Waals surface area contributed by atoms with Crippen LogP contribution in [0.15, 0.2) is 18.5 Å². The third kappa shape index (κ3) is 3.48. The summed E-state index contributed by atoms with van der Waals surface area (Å²) < 4.78 is 7.53. The lowest BCUT2D eigenvalue weighted by Gasteiger charge is -2.32. The molecule has 134 valence electrons. The number of rotatable bonds is 4. The highest BCUT2D eigenvalue weighted by atomic mass is 16.5. The van der Waals surface area contributed by atoms with Gasteiger partial charge in [-0.1, -0.05) is 13.8 Å². The van der Waals surface area contributed by atoms with Crippen LogP contribution in [-0.2, 0) is 11.3 Å². The van der Waals surface area contributed by atoms with Gasteiger partial charge in [0.2, 0.25) is 0 Å². The Morgan fingerprint density at radius 3 is 2.84 bits per heavy atom. The van der Waals surface area contributed by atoms with Crippen molar-refractivity contribution in [2.45, 2.75) is 39.3 Å². The van der Waals surface area contributed by atoms with Crippen molar-refractivity contribution in [2.75, 3.05) is 25.4 Å². The maximum atomic E-state index is 13.0. The highest BCUT2D eigenvalue weighted by molar-refractivity contribution is 5.92. The first-order valence-corrected chi connectivity index (χ1v) is 8.56. The number of aryl methyl sites for hydroxylation is 1. The zero-order chi connectivity index (χ0) is 18.0. The predicted molar refractivity (Wildman–Crippen MR) is 93.0 cm³/mol. The highest BCUT2D eigenvalue weighted by Gasteiger charge is 2.30. The lowest BCUT2D eigenvalue weighted by atomic mass is 10.1. The Balaban J connectivity index is 1.82. The molecule has 1 aliphatic heterocycles. The molecule has 0 aliphatic carbocycles. The Kier molecular flexibility index (Phi) is 4.98. The van der Waals surface area contributed by atoms with Gasteiger partial charge in [0.1, 0.15) is 23.3 Å². The van der Waals surface area contributed by atoms with Gasteiger partial charge in [-0.3, -0.25) is 14.5 Å². The van der Waals surface area contributed by atoms with Crippen LogP contribution in [0, 0.1) is 0 Å². The van der Waals surface area contributed by atoms with Crippen LogP contribution in [0.1, 0.15) is 54.7 Å². The lowest BCUT2D eigenvalue weighted by Crippen LogP contribution is -2.43. The molecule has 1 saturated heterocycles. The van der Waals surface area contributed by atoms with E-state index in [2.05, 4.69) is 28.9 Å². The van der Waals surface area contributed by atoms with Gasteiger partial charge in [-0.15, -0.1) is 0 Å². The molecule has 3 heterocycles. The first-order valence-electron chi connectivity index (χ1n) is 8.56. The van der Waals surface area contributed by atoms with Gasteiger partial charge in [-0.05, 0) is 18.9 Å². The van der Waals surface area contributed by atoms with E-state index in [1.54, 1.807) is 15.8 Å². The monoisotopic (exact) mass is 344 g/mol. The molecular formula is C17H24N6O2. The maximum Gasteiger partial charge on any atom is 0.272 e. The Hall–Kier alpha value is -2.48. The van der Waals surface area contributed by atoms with Crippen molar-refractivity contribution < 1.29 is 9.53 Å². The van der Waals surface area contributed by atoms with E-state index in [0.717, 1.165) is 5.69 Å². The van der Waals surface area contributed by atoms with E-state index in [4.69, 9.17) is 10.5 Å².